The van der Waals surface area contributed by atoms with E-state index in [9.17, 15) is 0 Å². The number of hydrogen-bond acceptors (Lipinski definition) is 2. The van der Waals surface area contributed by atoms with E-state index in [0.717, 1.165) is 18.8 Å². The Bertz CT molecular complexity index is 750. The van der Waals surface area contributed by atoms with Gasteiger partial charge < -0.3 is 4.74 Å². The van der Waals surface area contributed by atoms with Crippen molar-refractivity contribution in [3.8, 4) is 0 Å². The summed E-state index contributed by atoms with van der Waals surface area (Å²) in [5.41, 5.74) is 1.45. The van der Waals surface area contributed by atoms with E-state index in [-0.39, 0.29) is 11.2 Å². The van der Waals surface area contributed by atoms with Crippen LogP contribution in [-0.4, -0.2) is 16.5 Å². The molecule has 1 nitrogen and oxygen atoms in total. The Kier molecular flexibility index (Phi) is 5.48. The van der Waals surface area contributed by atoms with Crippen LogP contribution in [0.1, 0.15) is 44.6 Å². The topological polar surface area (TPSA) is 9.23 Å². The monoisotopic (exact) mass is 378 g/mol. The lowest BCUT2D eigenvalue weighted by Crippen LogP contribution is -2.50. The predicted molar refractivity (Wildman–Crippen MR) is 115 cm³/mol. The molecule has 0 N–H and O–H groups in total. The minimum atomic E-state index is -0.0569. The normalized spacial score (nSPS) is 32.3. The largest absolute Gasteiger partial charge is 0.367 e. The average Bonchev–Trinajstić information content (AvgIpc) is 2.93. The van der Waals surface area contributed by atoms with E-state index in [1.165, 1.54) is 36.1 Å². The van der Waals surface area contributed by atoms with Crippen LogP contribution >= 0.6 is 11.8 Å². The highest BCUT2D eigenvalue weighted by Gasteiger charge is 2.59. The van der Waals surface area contributed by atoms with E-state index in [1.54, 1.807) is 0 Å². The second-order valence-electron chi connectivity index (χ2n) is 8.53. The van der Waals surface area contributed by atoms with Crippen LogP contribution in [0.3, 0.4) is 0 Å². The maximum atomic E-state index is 6.79. The molecule has 142 valence electrons. The number of benzene rings is 2. The molecule has 0 radical (unpaired) electrons. The maximum absolute atomic E-state index is 6.79. The summed E-state index contributed by atoms with van der Waals surface area (Å²) in [6.45, 7) is 6.24. The van der Waals surface area contributed by atoms with Crippen molar-refractivity contribution in [1.29, 1.82) is 0 Å². The average molecular weight is 379 g/mol. The molecule has 2 heteroatoms. The number of aryl methyl sites for hydroxylation is 1. The lowest BCUT2D eigenvalue weighted by Gasteiger charge is -2.49. The molecule has 1 saturated heterocycles. The molecule has 0 unspecified atom stereocenters. The van der Waals surface area contributed by atoms with E-state index in [2.05, 4.69) is 74.2 Å². The van der Waals surface area contributed by atoms with Crippen LogP contribution in [0.4, 0.5) is 0 Å². The third-order valence-electron chi connectivity index (χ3n) is 6.20. The highest BCUT2D eigenvalue weighted by molar-refractivity contribution is 8.00. The molecule has 0 amide bonds. The van der Waals surface area contributed by atoms with Crippen molar-refractivity contribution in [1.82, 2.24) is 0 Å². The Labute approximate surface area is 168 Å². The summed E-state index contributed by atoms with van der Waals surface area (Å²) in [6, 6.07) is 21.7. The molecule has 27 heavy (non-hydrogen) atoms. The summed E-state index contributed by atoms with van der Waals surface area (Å²) in [5, 5.41) is 0.540. The first-order valence-corrected chi connectivity index (χ1v) is 11.1. The fourth-order valence-corrected chi connectivity index (χ4v) is 6.44. The summed E-state index contributed by atoms with van der Waals surface area (Å²) in [6.07, 6.45) is 8.94. The van der Waals surface area contributed by atoms with Gasteiger partial charge in [0.05, 0.1) is 11.2 Å². The molecular weight excluding hydrogens is 348 g/mol. The van der Waals surface area contributed by atoms with Crippen molar-refractivity contribution < 1.29 is 4.74 Å². The van der Waals surface area contributed by atoms with Gasteiger partial charge in [0.2, 0.25) is 0 Å². The summed E-state index contributed by atoms with van der Waals surface area (Å²) >= 11 is 2.02. The fourth-order valence-electron chi connectivity index (χ4n) is 4.90. The second-order valence-corrected chi connectivity index (χ2v) is 9.81. The zero-order chi connectivity index (χ0) is 18.7. The Hall–Kier alpha value is -1.51. The lowest BCUT2D eigenvalue weighted by molar-refractivity contribution is -0.153. The van der Waals surface area contributed by atoms with E-state index in [1.807, 2.05) is 17.8 Å². The third-order valence-corrected chi connectivity index (χ3v) is 7.63. The first-order valence-electron chi connectivity index (χ1n) is 10.2. The van der Waals surface area contributed by atoms with E-state index < -0.39 is 0 Å². The molecule has 1 aliphatic carbocycles. The Balaban J connectivity index is 1.42. The van der Waals surface area contributed by atoms with E-state index >= 15 is 0 Å². The van der Waals surface area contributed by atoms with Gasteiger partial charge in [-0.2, -0.15) is 0 Å². The zero-order valence-electron chi connectivity index (χ0n) is 16.3. The number of ether oxygens (including phenoxy) is 1. The molecule has 1 heterocycles. The molecule has 2 aliphatic rings. The van der Waals surface area contributed by atoms with E-state index in [4.69, 9.17) is 4.74 Å². The van der Waals surface area contributed by atoms with Gasteiger partial charge in [-0.05, 0) is 69.1 Å². The van der Waals surface area contributed by atoms with Crippen LogP contribution < -0.4 is 0 Å². The van der Waals surface area contributed by atoms with Gasteiger partial charge >= 0.3 is 0 Å². The number of hydrogen-bond donors (Lipinski definition) is 0. The predicted octanol–water partition coefficient (Wildman–Crippen LogP) is 6.68. The molecule has 1 aliphatic heterocycles. The van der Waals surface area contributed by atoms with Crippen LogP contribution in [0.5, 0.6) is 0 Å². The standard InChI is InChI=1S/C25H30OS/c1-3-16-24(2)19-23(27-22-12-8-5-9-13-22)25(26-24)17-21(18-25)15-14-20-10-6-4-7-11-20/h3-13,21,23H,1,14-19H2,2H3/t21?,23-,24+,25?/m0/s1. The molecule has 2 aromatic rings. The van der Waals surface area contributed by atoms with Gasteiger partial charge in [0.15, 0.2) is 0 Å². The van der Waals surface area contributed by atoms with Crippen molar-refractivity contribution in [3.05, 3.63) is 78.9 Å². The van der Waals surface area contributed by atoms with Crippen LogP contribution in [0.15, 0.2) is 78.2 Å². The molecule has 0 bridgehead atoms. The van der Waals surface area contributed by atoms with Gasteiger partial charge in [0.1, 0.15) is 0 Å². The fraction of sp³-hybridized carbons (Fsp3) is 0.440. The van der Waals surface area contributed by atoms with Gasteiger partial charge in [0.25, 0.3) is 0 Å². The smallest absolute Gasteiger partial charge is 0.0818 e. The van der Waals surface area contributed by atoms with Gasteiger partial charge in [-0.15, -0.1) is 18.3 Å². The summed E-state index contributed by atoms with van der Waals surface area (Å²) in [4.78, 5) is 1.36. The highest BCUT2D eigenvalue weighted by Crippen LogP contribution is 2.58. The Morgan fingerprint density at radius 2 is 1.70 bits per heavy atom. The third kappa shape index (κ3) is 4.17. The molecule has 1 saturated carbocycles. The number of thioether (sulfide) groups is 1. The zero-order valence-corrected chi connectivity index (χ0v) is 17.1. The number of rotatable bonds is 7. The van der Waals surface area contributed by atoms with Gasteiger partial charge in [0, 0.05) is 10.1 Å². The highest BCUT2D eigenvalue weighted by atomic mass is 32.2. The van der Waals surface area contributed by atoms with Gasteiger partial charge in [-0.25, -0.2) is 0 Å². The van der Waals surface area contributed by atoms with Crippen LogP contribution in [0.2, 0.25) is 0 Å². The minimum Gasteiger partial charge on any atom is -0.367 e. The second kappa shape index (κ2) is 7.85. The maximum Gasteiger partial charge on any atom is 0.0818 e. The first kappa shape index (κ1) is 18.8. The van der Waals surface area contributed by atoms with Crippen molar-refractivity contribution >= 4 is 11.8 Å². The molecule has 2 aromatic carbocycles. The molecule has 1 spiro atoms. The van der Waals surface area contributed by atoms with Gasteiger partial charge in [-0.1, -0.05) is 54.6 Å². The minimum absolute atomic E-state index is 0.0552. The quantitative estimate of drug-likeness (QED) is 0.497. The van der Waals surface area contributed by atoms with Crippen molar-refractivity contribution in [2.24, 2.45) is 5.92 Å². The Morgan fingerprint density at radius 3 is 2.37 bits per heavy atom. The van der Waals surface area contributed by atoms with Crippen molar-refractivity contribution in [3.63, 3.8) is 0 Å². The molecule has 2 fully saturated rings. The lowest BCUT2D eigenvalue weighted by atomic mass is 9.67. The molecule has 4 rings (SSSR count). The molecule has 0 aromatic heterocycles. The van der Waals surface area contributed by atoms with Crippen LogP contribution in [-0.2, 0) is 11.2 Å². The first-order chi connectivity index (χ1) is 13.1. The van der Waals surface area contributed by atoms with Crippen LogP contribution in [0, 0.1) is 5.92 Å². The molecular formula is C25H30OS. The van der Waals surface area contributed by atoms with Crippen LogP contribution in [0.25, 0.3) is 0 Å². The summed E-state index contributed by atoms with van der Waals surface area (Å²) < 4.78 is 6.79. The van der Waals surface area contributed by atoms with Crippen molar-refractivity contribution in [2.75, 3.05) is 0 Å². The van der Waals surface area contributed by atoms with Gasteiger partial charge in [-0.3, -0.25) is 0 Å². The van der Waals surface area contributed by atoms with Crippen molar-refractivity contribution in [2.45, 2.75) is 66.8 Å². The molecule has 2 atom stereocenters. The summed E-state index contributed by atoms with van der Waals surface area (Å²) in [5.74, 6) is 0.787. The van der Waals surface area contributed by atoms with E-state index in [0.29, 0.717) is 5.25 Å². The SMILES string of the molecule is C=CC[C@]1(C)C[C@H](Sc2ccccc2)C2(CC(CCc3ccccc3)C2)O1. The summed E-state index contributed by atoms with van der Waals surface area (Å²) in [7, 11) is 0. The Morgan fingerprint density at radius 1 is 1.04 bits per heavy atom.